The molecule has 0 aliphatic carbocycles. The summed E-state index contributed by atoms with van der Waals surface area (Å²) in [5.41, 5.74) is 1.06. The first-order valence-corrected chi connectivity index (χ1v) is 7.53. The van der Waals surface area contributed by atoms with Crippen LogP contribution in [-0.2, 0) is 11.2 Å². The molecule has 0 saturated heterocycles. The van der Waals surface area contributed by atoms with Crippen molar-refractivity contribution in [2.24, 2.45) is 5.92 Å². The van der Waals surface area contributed by atoms with Crippen LogP contribution in [-0.4, -0.2) is 18.2 Å². The summed E-state index contributed by atoms with van der Waals surface area (Å²) >= 11 is 0. The van der Waals surface area contributed by atoms with Gasteiger partial charge in [-0.1, -0.05) is 51.2 Å². The van der Waals surface area contributed by atoms with Crippen LogP contribution in [0.15, 0.2) is 24.3 Å². The van der Waals surface area contributed by atoms with Gasteiger partial charge < -0.3 is 9.84 Å². The molecule has 0 fully saturated rings. The lowest BCUT2D eigenvalue weighted by molar-refractivity contribution is -0.142. The van der Waals surface area contributed by atoms with Gasteiger partial charge in [0.2, 0.25) is 0 Å². The summed E-state index contributed by atoms with van der Waals surface area (Å²) in [6.07, 6.45) is 7.20. The minimum absolute atomic E-state index is 0.273. The largest absolute Gasteiger partial charge is 0.497 e. The average Bonchev–Trinajstić information content (AvgIpc) is 2.46. The second-order valence-corrected chi connectivity index (χ2v) is 5.29. The van der Waals surface area contributed by atoms with Gasteiger partial charge in [-0.05, 0) is 30.5 Å². The first-order valence-electron chi connectivity index (χ1n) is 7.53. The van der Waals surface area contributed by atoms with Gasteiger partial charge in [-0.3, -0.25) is 4.79 Å². The zero-order valence-corrected chi connectivity index (χ0v) is 12.6. The number of methoxy groups -OCH3 is 1. The predicted octanol–water partition coefficient (Wildman–Crippen LogP) is 4.30. The van der Waals surface area contributed by atoms with Crippen LogP contribution in [0.25, 0.3) is 0 Å². The minimum Gasteiger partial charge on any atom is -0.497 e. The predicted molar refractivity (Wildman–Crippen MR) is 81.2 cm³/mol. The van der Waals surface area contributed by atoms with Crippen molar-refractivity contribution in [3.63, 3.8) is 0 Å². The van der Waals surface area contributed by atoms with Crippen molar-refractivity contribution in [1.82, 2.24) is 0 Å². The molecule has 1 unspecified atom stereocenters. The van der Waals surface area contributed by atoms with Gasteiger partial charge in [0.05, 0.1) is 13.0 Å². The van der Waals surface area contributed by atoms with Crippen molar-refractivity contribution in [3.05, 3.63) is 29.8 Å². The summed E-state index contributed by atoms with van der Waals surface area (Å²) < 4.78 is 5.11. The second-order valence-electron chi connectivity index (χ2n) is 5.29. The number of unbranched alkanes of at least 4 members (excludes halogenated alkanes) is 4. The molecule has 0 aliphatic rings. The number of aliphatic carboxylic acids is 1. The van der Waals surface area contributed by atoms with E-state index in [1.165, 1.54) is 19.3 Å². The first-order chi connectivity index (χ1) is 9.67. The maximum atomic E-state index is 11.3. The lowest BCUT2D eigenvalue weighted by Gasteiger charge is -2.12. The van der Waals surface area contributed by atoms with E-state index in [2.05, 4.69) is 6.92 Å². The van der Waals surface area contributed by atoms with Crippen LogP contribution < -0.4 is 4.74 Å². The summed E-state index contributed by atoms with van der Waals surface area (Å²) in [4.78, 5) is 11.3. The number of rotatable bonds is 10. The Morgan fingerprint density at radius 3 is 2.35 bits per heavy atom. The van der Waals surface area contributed by atoms with Crippen LogP contribution in [0.5, 0.6) is 5.75 Å². The standard InChI is InChI=1S/C17H26O3/c1-3-4-5-6-7-8-15(17(18)19)13-14-9-11-16(20-2)12-10-14/h9-12,15H,3-8,13H2,1-2H3,(H,18,19). The van der Waals surface area contributed by atoms with Crippen LogP contribution in [0.3, 0.4) is 0 Å². The molecule has 20 heavy (non-hydrogen) atoms. The monoisotopic (exact) mass is 278 g/mol. The molecule has 0 aromatic heterocycles. The number of carboxylic acid groups (broad SMARTS) is 1. The molecule has 0 bridgehead atoms. The number of carboxylic acids is 1. The van der Waals surface area contributed by atoms with Gasteiger partial charge in [-0.15, -0.1) is 0 Å². The highest BCUT2D eigenvalue weighted by atomic mass is 16.5. The Kier molecular flexibility index (Phi) is 7.78. The molecule has 0 heterocycles. The smallest absolute Gasteiger partial charge is 0.306 e. The van der Waals surface area contributed by atoms with Gasteiger partial charge in [-0.2, -0.15) is 0 Å². The molecular weight excluding hydrogens is 252 g/mol. The van der Waals surface area contributed by atoms with E-state index in [-0.39, 0.29) is 5.92 Å². The van der Waals surface area contributed by atoms with Crippen molar-refractivity contribution < 1.29 is 14.6 Å². The summed E-state index contributed by atoms with van der Waals surface area (Å²) in [5.74, 6) is -0.151. The molecule has 0 saturated carbocycles. The molecule has 3 nitrogen and oxygen atoms in total. The summed E-state index contributed by atoms with van der Waals surface area (Å²) in [7, 11) is 1.63. The van der Waals surface area contributed by atoms with Crippen LogP contribution in [0.4, 0.5) is 0 Å². The highest BCUT2D eigenvalue weighted by Gasteiger charge is 2.17. The fourth-order valence-corrected chi connectivity index (χ4v) is 2.35. The molecule has 1 aromatic rings. The van der Waals surface area contributed by atoms with Crippen LogP contribution in [0.1, 0.15) is 51.0 Å². The van der Waals surface area contributed by atoms with Crippen molar-refractivity contribution in [3.8, 4) is 5.75 Å². The van der Waals surface area contributed by atoms with Gasteiger partial charge >= 0.3 is 5.97 Å². The summed E-state index contributed by atoms with van der Waals surface area (Å²) in [6, 6.07) is 7.67. The Balaban J connectivity index is 2.43. The Morgan fingerprint density at radius 1 is 1.15 bits per heavy atom. The third kappa shape index (κ3) is 6.09. The van der Waals surface area contributed by atoms with Crippen LogP contribution >= 0.6 is 0 Å². The van der Waals surface area contributed by atoms with Gasteiger partial charge in [0, 0.05) is 0 Å². The average molecular weight is 278 g/mol. The van der Waals surface area contributed by atoms with Gasteiger partial charge in [0.25, 0.3) is 0 Å². The number of benzene rings is 1. The van der Waals surface area contributed by atoms with Crippen molar-refractivity contribution in [2.45, 2.75) is 51.9 Å². The molecule has 0 amide bonds. The number of ether oxygens (including phenoxy) is 1. The third-order valence-corrected chi connectivity index (χ3v) is 3.65. The maximum absolute atomic E-state index is 11.3. The molecule has 0 aliphatic heterocycles. The van der Waals surface area contributed by atoms with Gasteiger partial charge in [0.1, 0.15) is 5.75 Å². The third-order valence-electron chi connectivity index (χ3n) is 3.65. The molecule has 1 atom stereocenters. The van der Waals surface area contributed by atoms with E-state index in [9.17, 15) is 9.90 Å². The van der Waals surface area contributed by atoms with E-state index in [4.69, 9.17) is 4.74 Å². The van der Waals surface area contributed by atoms with E-state index in [1.54, 1.807) is 7.11 Å². The molecule has 0 spiro atoms. The quantitative estimate of drug-likeness (QED) is 0.649. The molecule has 0 radical (unpaired) electrons. The molecular formula is C17H26O3. The molecule has 112 valence electrons. The van der Waals surface area contributed by atoms with Gasteiger partial charge in [0.15, 0.2) is 0 Å². The Labute approximate surface area is 122 Å². The second kappa shape index (κ2) is 9.40. The van der Waals surface area contributed by atoms with E-state index in [1.807, 2.05) is 24.3 Å². The van der Waals surface area contributed by atoms with E-state index < -0.39 is 5.97 Å². The van der Waals surface area contributed by atoms with Crippen LogP contribution in [0.2, 0.25) is 0 Å². The van der Waals surface area contributed by atoms with E-state index >= 15 is 0 Å². The topological polar surface area (TPSA) is 46.5 Å². The molecule has 3 heteroatoms. The van der Waals surface area contributed by atoms with Crippen LogP contribution in [0, 0.1) is 5.92 Å². The van der Waals surface area contributed by atoms with Gasteiger partial charge in [-0.25, -0.2) is 0 Å². The summed E-state index contributed by atoms with van der Waals surface area (Å²) in [5, 5.41) is 9.31. The molecule has 1 N–H and O–H groups in total. The Hall–Kier alpha value is -1.51. The zero-order valence-electron chi connectivity index (χ0n) is 12.6. The maximum Gasteiger partial charge on any atom is 0.306 e. The lowest BCUT2D eigenvalue weighted by Crippen LogP contribution is -2.16. The summed E-state index contributed by atoms with van der Waals surface area (Å²) in [6.45, 7) is 2.18. The zero-order chi connectivity index (χ0) is 14.8. The minimum atomic E-state index is -0.684. The number of hydrogen-bond donors (Lipinski definition) is 1. The van der Waals surface area contributed by atoms with Crippen molar-refractivity contribution >= 4 is 5.97 Å². The highest BCUT2D eigenvalue weighted by Crippen LogP contribution is 2.19. The normalized spacial score (nSPS) is 12.1. The lowest BCUT2D eigenvalue weighted by atomic mass is 9.93. The molecule has 1 rings (SSSR count). The Morgan fingerprint density at radius 2 is 1.80 bits per heavy atom. The molecule has 1 aromatic carbocycles. The van der Waals surface area contributed by atoms with E-state index in [0.717, 1.165) is 30.6 Å². The fourth-order valence-electron chi connectivity index (χ4n) is 2.35. The number of hydrogen-bond acceptors (Lipinski definition) is 2. The first kappa shape index (κ1) is 16.5. The van der Waals surface area contributed by atoms with Crippen molar-refractivity contribution in [1.29, 1.82) is 0 Å². The Bertz CT molecular complexity index is 384. The fraction of sp³-hybridized carbons (Fsp3) is 0.588. The van der Waals surface area contributed by atoms with E-state index in [0.29, 0.717) is 6.42 Å². The number of carbonyl (C=O) groups is 1. The SMILES string of the molecule is CCCCCCCC(Cc1ccc(OC)cc1)C(=O)O. The van der Waals surface area contributed by atoms with Crippen molar-refractivity contribution in [2.75, 3.05) is 7.11 Å². The highest BCUT2D eigenvalue weighted by molar-refractivity contribution is 5.70.